The summed E-state index contributed by atoms with van der Waals surface area (Å²) in [6, 6.07) is 12.6. The number of urea groups is 1. The summed E-state index contributed by atoms with van der Waals surface area (Å²) < 4.78 is 5.22. The number of hydrogen-bond donors (Lipinski definition) is 3. The zero-order valence-corrected chi connectivity index (χ0v) is 17.0. The Morgan fingerprint density at radius 3 is 2.34 bits per heavy atom. The number of halogens is 1. The second-order valence-electron chi connectivity index (χ2n) is 6.46. The van der Waals surface area contributed by atoms with E-state index < -0.39 is 30.1 Å². The molecule has 0 aliphatic rings. The molecule has 0 unspecified atom stereocenters. The normalized spacial score (nSPS) is 12.5. The Bertz CT molecular complexity index is 870. The minimum absolute atomic E-state index is 0.227. The van der Waals surface area contributed by atoms with Crippen molar-refractivity contribution < 1.29 is 19.1 Å². The monoisotopic (exact) mass is 417 g/mol. The van der Waals surface area contributed by atoms with Gasteiger partial charge in [0.15, 0.2) is 6.10 Å². The van der Waals surface area contributed by atoms with E-state index in [9.17, 15) is 14.4 Å². The van der Waals surface area contributed by atoms with Gasteiger partial charge in [-0.15, -0.1) is 0 Å². The Kier molecular flexibility index (Phi) is 8.03. The lowest BCUT2D eigenvalue weighted by molar-refractivity contribution is -0.153. The molecule has 4 N–H and O–H groups in total. The predicted molar refractivity (Wildman–Crippen MR) is 112 cm³/mol. The Morgan fingerprint density at radius 2 is 1.76 bits per heavy atom. The van der Waals surface area contributed by atoms with Crippen molar-refractivity contribution in [3.8, 4) is 0 Å². The van der Waals surface area contributed by atoms with Crippen LogP contribution in [0.25, 0.3) is 0 Å². The second-order valence-corrected chi connectivity index (χ2v) is 6.87. The van der Waals surface area contributed by atoms with E-state index in [2.05, 4.69) is 10.6 Å². The van der Waals surface area contributed by atoms with Gasteiger partial charge < -0.3 is 21.1 Å². The van der Waals surface area contributed by atoms with Crippen molar-refractivity contribution in [2.24, 2.45) is 5.73 Å². The molecular formula is C21H24ClN3O4. The van der Waals surface area contributed by atoms with Gasteiger partial charge in [-0.2, -0.15) is 0 Å². The van der Waals surface area contributed by atoms with Crippen LogP contribution in [0.15, 0.2) is 48.5 Å². The summed E-state index contributed by atoms with van der Waals surface area (Å²) in [7, 11) is 0. The van der Waals surface area contributed by atoms with E-state index in [0.717, 1.165) is 12.0 Å². The minimum atomic E-state index is -1.02. The number of esters is 1. The highest BCUT2D eigenvalue weighted by Gasteiger charge is 2.24. The van der Waals surface area contributed by atoms with Gasteiger partial charge in [0, 0.05) is 10.7 Å². The lowest BCUT2D eigenvalue weighted by atomic mass is 10.0. The number of nitrogens with two attached hydrogens (primary N) is 1. The fraction of sp³-hybridized carbons (Fsp3) is 0.286. The molecule has 0 fully saturated rings. The van der Waals surface area contributed by atoms with Gasteiger partial charge in [-0.3, -0.25) is 9.59 Å². The number of amides is 3. The Labute approximate surface area is 174 Å². The van der Waals surface area contributed by atoms with E-state index in [1.54, 1.807) is 36.4 Å². The number of ether oxygens (including phenoxy) is 1. The minimum Gasteiger partial charge on any atom is -0.452 e. The standard InChI is InChI=1S/C21H24ClN3O4/c1-3-14-8-10-15(11-9-14)24-20(27)13(2)29-19(26)12-18(25-21(23)28)16-6-4-5-7-17(16)22/h4-11,13,18H,3,12H2,1-2H3,(H,24,27)(H3,23,25,28)/t13-,18+/m0/s1. The van der Waals surface area contributed by atoms with E-state index in [1.807, 2.05) is 19.1 Å². The topological polar surface area (TPSA) is 111 Å². The van der Waals surface area contributed by atoms with Gasteiger partial charge >= 0.3 is 12.0 Å². The van der Waals surface area contributed by atoms with E-state index in [1.165, 1.54) is 6.92 Å². The van der Waals surface area contributed by atoms with Crippen molar-refractivity contribution in [3.05, 3.63) is 64.7 Å². The van der Waals surface area contributed by atoms with Gasteiger partial charge in [0.05, 0.1) is 12.5 Å². The van der Waals surface area contributed by atoms with Crippen LogP contribution < -0.4 is 16.4 Å². The zero-order chi connectivity index (χ0) is 21.4. The maximum atomic E-state index is 12.3. The molecule has 3 amide bonds. The Morgan fingerprint density at radius 1 is 1.10 bits per heavy atom. The summed E-state index contributed by atoms with van der Waals surface area (Å²) in [5.74, 6) is -1.13. The van der Waals surface area contributed by atoms with E-state index >= 15 is 0 Å². The molecule has 0 radical (unpaired) electrons. The number of aryl methyl sites for hydroxylation is 1. The third-order valence-corrected chi connectivity index (χ3v) is 4.62. The molecule has 2 atom stereocenters. The molecule has 8 heteroatoms. The van der Waals surface area contributed by atoms with Crippen LogP contribution in [0.2, 0.25) is 5.02 Å². The highest BCUT2D eigenvalue weighted by molar-refractivity contribution is 6.31. The maximum absolute atomic E-state index is 12.3. The molecule has 29 heavy (non-hydrogen) atoms. The molecule has 0 saturated carbocycles. The van der Waals surface area contributed by atoms with Crippen LogP contribution >= 0.6 is 11.6 Å². The average molecular weight is 418 g/mol. The van der Waals surface area contributed by atoms with Gasteiger partial charge in [0.1, 0.15) is 0 Å². The fourth-order valence-electron chi connectivity index (χ4n) is 2.70. The molecule has 2 rings (SSSR count). The summed E-state index contributed by atoms with van der Waals surface area (Å²) in [5.41, 5.74) is 7.49. The fourth-order valence-corrected chi connectivity index (χ4v) is 2.97. The quantitative estimate of drug-likeness (QED) is 0.570. The summed E-state index contributed by atoms with van der Waals surface area (Å²) >= 11 is 6.15. The lowest BCUT2D eigenvalue weighted by Crippen LogP contribution is -2.36. The van der Waals surface area contributed by atoms with Crippen molar-refractivity contribution in [2.45, 2.75) is 38.8 Å². The lowest BCUT2D eigenvalue weighted by Gasteiger charge is -2.20. The molecule has 0 aliphatic carbocycles. The molecule has 0 aliphatic heterocycles. The summed E-state index contributed by atoms with van der Waals surface area (Å²) in [4.78, 5) is 35.9. The third-order valence-electron chi connectivity index (χ3n) is 4.28. The number of anilines is 1. The largest absolute Gasteiger partial charge is 0.452 e. The first-order chi connectivity index (χ1) is 13.8. The number of primary amides is 1. The van der Waals surface area contributed by atoms with Crippen molar-refractivity contribution in [2.75, 3.05) is 5.32 Å². The van der Waals surface area contributed by atoms with Crippen LogP contribution in [-0.2, 0) is 20.7 Å². The zero-order valence-electron chi connectivity index (χ0n) is 16.3. The summed E-state index contributed by atoms with van der Waals surface area (Å²) in [6.45, 7) is 3.51. The van der Waals surface area contributed by atoms with E-state index in [0.29, 0.717) is 16.3 Å². The van der Waals surface area contributed by atoms with Gasteiger partial charge in [0.2, 0.25) is 0 Å². The first-order valence-electron chi connectivity index (χ1n) is 9.19. The van der Waals surface area contributed by atoms with Gasteiger partial charge in [-0.25, -0.2) is 4.79 Å². The number of rotatable bonds is 8. The highest BCUT2D eigenvalue weighted by atomic mass is 35.5. The summed E-state index contributed by atoms with van der Waals surface area (Å²) in [6.07, 6.45) is -0.349. The van der Waals surface area contributed by atoms with Crippen LogP contribution in [0.5, 0.6) is 0 Å². The van der Waals surface area contributed by atoms with Gasteiger partial charge in [-0.1, -0.05) is 48.9 Å². The second kappa shape index (κ2) is 10.5. The van der Waals surface area contributed by atoms with Crippen LogP contribution in [0.4, 0.5) is 10.5 Å². The number of benzene rings is 2. The SMILES string of the molecule is CCc1ccc(NC(=O)[C@H](C)OC(=O)C[C@@H](NC(N)=O)c2ccccc2Cl)cc1. The molecule has 2 aromatic rings. The van der Waals surface area contributed by atoms with Crippen LogP contribution in [0.1, 0.15) is 37.4 Å². The molecule has 0 bridgehead atoms. The Balaban J connectivity index is 1.98. The van der Waals surface area contributed by atoms with Crippen LogP contribution in [0.3, 0.4) is 0 Å². The molecule has 0 aromatic heterocycles. The van der Waals surface area contributed by atoms with Crippen molar-refractivity contribution in [3.63, 3.8) is 0 Å². The maximum Gasteiger partial charge on any atom is 0.312 e. The highest BCUT2D eigenvalue weighted by Crippen LogP contribution is 2.25. The van der Waals surface area contributed by atoms with E-state index in [-0.39, 0.29) is 6.42 Å². The smallest absolute Gasteiger partial charge is 0.312 e. The molecule has 7 nitrogen and oxygen atoms in total. The van der Waals surface area contributed by atoms with Crippen LogP contribution in [0, 0.1) is 0 Å². The molecule has 0 heterocycles. The predicted octanol–water partition coefficient (Wildman–Crippen LogP) is 3.57. The molecule has 0 saturated heterocycles. The molecule has 2 aromatic carbocycles. The van der Waals surface area contributed by atoms with E-state index in [4.69, 9.17) is 22.1 Å². The van der Waals surface area contributed by atoms with Gasteiger partial charge in [0.25, 0.3) is 5.91 Å². The first kappa shape index (κ1) is 22.2. The summed E-state index contributed by atoms with van der Waals surface area (Å²) in [5, 5.41) is 5.55. The van der Waals surface area contributed by atoms with Crippen molar-refractivity contribution in [1.82, 2.24) is 5.32 Å². The van der Waals surface area contributed by atoms with Crippen LogP contribution in [-0.4, -0.2) is 24.0 Å². The number of nitrogens with one attached hydrogen (secondary N) is 2. The Hall–Kier alpha value is -3.06. The number of hydrogen-bond acceptors (Lipinski definition) is 4. The average Bonchev–Trinajstić information content (AvgIpc) is 2.68. The van der Waals surface area contributed by atoms with Crippen molar-refractivity contribution in [1.29, 1.82) is 0 Å². The number of carbonyl (C=O) groups is 3. The third kappa shape index (κ3) is 6.80. The van der Waals surface area contributed by atoms with Gasteiger partial charge in [-0.05, 0) is 42.7 Å². The van der Waals surface area contributed by atoms with Crippen molar-refractivity contribution >= 4 is 35.2 Å². The molecular weight excluding hydrogens is 394 g/mol. The molecule has 154 valence electrons. The first-order valence-corrected chi connectivity index (χ1v) is 9.57. The number of carbonyl (C=O) groups excluding carboxylic acids is 3. The molecule has 0 spiro atoms.